The normalized spacial score (nSPS) is 14.9. The number of amides is 1. The molecule has 0 radical (unpaired) electrons. The van der Waals surface area contributed by atoms with Crippen LogP contribution in [-0.4, -0.2) is 17.3 Å². The molecule has 1 aliphatic heterocycles. The van der Waals surface area contributed by atoms with Crippen molar-refractivity contribution in [3.05, 3.63) is 94.6 Å². The van der Waals surface area contributed by atoms with E-state index in [-0.39, 0.29) is 18.3 Å². The van der Waals surface area contributed by atoms with Gasteiger partial charge in [0.05, 0.1) is 17.7 Å². The number of nitrogens with zero attached hydrogens (tertiary/aromatic N) is 1. The first kappa shape index (κ1) is 21.1. The summed E-state index contributed by atoms with van der Waals surface area (Å²) >= 11 is 6.68. The molecule has 4 rings (SSSR count). The van der Waals surface area contributed by atoms with E-state index in [1.807, 2.05) is 24.3 Å². The molecule has 1 fully saturated rings. The summed E-state index contributed by atoms with van der Waals surface area (Å²) in [5, 5.41) is 0. The molecule has 4 nitrogen and oxygen atoms in total. The van der Waals surface area contributed by atoms with Gasteiger partial charge in [-0.3, -0.25) is 9.69 Å². The second kappa shape index (κ2) is 9.32. The molecular weight excluding hydrogens is 433 g/mol. The van der Waals surface area contributed by atoms with Gasteiger partial charge in [0.2, 0.25) is 0 Å². The van der Waals surface area contributed by atoms with Gasteiger partial charge in [0.1, 0.15) is 23.9 Å². The van der Waals surface area contributed by atoms with Crippen molar-refractivity contribution in [2.45, 2.75) is 6.61 Å². The number of para-hydroxylation sites is 2. The summed E-state index contributed by atoms with van der Waals surface area (Å²) < 4.78 is 25.2. The first-order chi connectivity index (χ1) is 15.1. The third kappa shape index (κ3) is 4.62. The van der Waals surface area contributed by atoms with Crippen molar-refractivity contribution in [1.82, 2.24) is 0 Å². The van der Waals surface area contributed by atoms with Gasteiger partial charge in [-0.2, -0.15) is 0 Å². The molecule has 0 bridgehead atoms. The smallest absolute Gasteiger partial charge is 0.270 e. The molecule has 31 heavy (non-hydrogen) atoms. The highest BCUT2D eigenvalue weighted by Crippen LogP contribution is 2.39. The van der Waals surface area contributed by atoms with Gasteiger partial charge >= 0.3 is 0 Å². The van der Waals surface area contributed by atoms with Gasteiger partial charge in [-0.25, -0.2) is 4.39 Å². The van der Waals surface area contributed by atoms with E-state index in [2.05, 4.69) is 0 Å². The number of ether oxygens (including phenoxy) is 2. The van der Waals surface area contributed by atoms with Crippen LogP contribution in [0.5, 0.6) is 11.5 Å². The van der Waals surface area contributed by atoms with E-state index in [0.29, 0.717) is 32.0 Å². The predicted molar refractivity (Wildman–Crippen MR) is 126 cm³/mol. The largest absolute Gasteiger partial charge is 0.495 e. The monoisotopic (exact) mass is 451 g/mol. The van der Waals surface area contributed by atoms with Crippen LogP contribution in [0.4, 0.5) is 10.1 Å². The number of thioether (sulfide) groups is 1. The highest BCUT2D eigenvalue weighted by molar-refractivity contribution is 8.27. The van der Waals surface area contributed by atoms with Crippen molar-refractivity contribution in [2.24, 2.45) is 0 Å². The van der Waals surface area contributed by atoms with Gasteiger partial charge in [0, 0.05) is 5.56 Å². The number of rotatable bonds is 6. The van der Waals surface area contributed by atoms with Crippen LogP contribution in [0.15, 0.2) is 77.7 Å². The van der Waals surface area contributed by atoms with Crippen molar-refractivity contribution >= 4 is 46.0 Å². The third-order valence-corrected chi connectivity index (χ3v) is 5.95. The van der Waals surface area contributed by atoms with Crippen molar-refractivity contribution in [2.75, 3.05) is 12.0 Å². The Bertz CT molecular complexity index is 1160. The summed E-state index contributed by atoms with van der Waals surface area (Å²) in [7, 11) is 1.56. The molecule has 0 saturated carbocycles. The topological polar surface area (TPSA) is 38.8 Å². The minimum absolute atomic E-state index is 0.142. The van der Waals surface area contributed by atoms with Crippen molar-refractivity contribution < 1.29 is 18.7 Å². The Kier molecular flexibility index (Phi) is 6.34. The number of methoxy groups -OCH3 is 1. The van der Waals surface area contributed by atoms with Crippen LogP contribution in [0.2, 0.25) is 0 Å². The fourth-order valence-electron chi connectivity index (χ4n) is 3.08. The van der Waals surface area contributed by atoms with Gasteiger partial charge in [0.15, 0.2) is 4.32 Å². The van der Waals surface area contributed by atoms with Gasteiger partial charge in [-0.15, -0.1) is 0 Å². The van der Waals surface area contributed by atoms with E-state index in [4.69, 9.17) is 21.7 Å². The molecule has 0 unspecified atom stereocenters. The highest BCUT2D eigenvalue weighted by Gasteiger charge is 2.34. The SMILES string of the molecule is COc1ccccc1N1C(=O)C(=Cc2ccc(OCc3ccccc3F)cc2)SC1=S. The maximum absolute atomic E-state index is 13.7. The molecule has 1 saturated heterocycles. The van der Waals surface area contributed by atoms with Crippen LogP contribution in [0, 0.1) is 5.82 Å². The van der Waals surface area contributed by atoms with E-state index in [9.17, 15) is 9.18 Å². The quantitative estimate of drug-likeness (QED) is 0.349. The second-order valence-electron chi connectivity index (χ2n) is 6.64. The summed E-state index contributed by atoms with van der Waals surface area (Å²) in [6, 6.07) is 21.0. The number of anilines is 1. The number of hydrogen-bond acceptors (Lipinski definition) is 5. The standard InChI is InChI=1S/C24H18FNO3S2/c1-28-21-9-5-4-8-20(21)26-23(27)22(31-24(26)30)14-16-10-12-18(13-11-16)29-15-17-6-2-3-7-19(17)25/h2-14H,15H2,1H3. The van der Waals surface area contributed by atoms with E-state index in [1.54, 1.807) is 55.7 Å². The fourth-order valence-corrected chi connectivity index (χ4v) is 4.36. The lowest BCUT2D eigenvalue weighted by molar-refractivity contribution is -0.113. The van der Waals surface area contributed by atoms with E-state index >= 15 is 0 Å². The maximum atomic E-state index is 13.7. The van der Waals surface area contributed by atoms with Crippen LogP contribution < -0.4 is 14.4 Å². The Hall–Kier alpha value is -3.16. The molecule has 3 aromatic rings. The summed E-state index contributed by atoms with van der Waals surface area (Å²) in [5.74, 6) is 0.703. The second-order valence-corrected chi connectivity index (χ2v) is 8.31. The minimum Gasteiger partial charge on any atom is -0.495 e. The van der Waals surface area contributed by atoms with Crippen molar-refractivity contribution in [3.63, 3.8) is 0 Å². The molecule has 1 aliphatic rings. The lowest BCUT2D eigenvalue weighted by atomic mass is 10.2. The molecule has 0 spiro atoms. The molecule has 7 heteroatoms. The summed E-state index contributed by atoms with van der Waals surface area (Å²) in [4.78, 5) is 15.0. The van der Waals surface area contributed by atoms with E-state index < -0.39 is 0 Å². The van der Waals surface area contributed by atoms with E-state index in [1.165, 1.54) is 22.7 Å². The Morgan fingerprint density at radius 2 is 1.74 bits per heavy atom. The van der Waals surface area contributed by atoms with Crippen LogP contribution in [0.3, 0.4) is 0 Å². The average Bonchev–Trinajstić information content (AvgIpc) is 3.06. The Morgan fingerprint density at radius 3 is 2.48 bits per heavy atom. The Labute approximate surface area is 189 Å². The first-order valence-corrected chi connectivity index (χ1v) is 10.7. The average molecular weight is 452 g/mol. The summed E-state index contributed by atoms with van der Waals surface area (Å²) in [6.45, 7) is 0.142. The fraction of sp³-hybridized carbons (Fsp3) is 0.0833. The van der Waals surface area contributed by atoms with E-state index in [0.717, 1.165) is 5.56 Å². The molecule has 0 atom stereocenters. The highest BCUT2D eigenvalue weighted by atomic mass is 32.2. The lowest BCUT2D eigenvalue weighted by Gasteiger charge is -2.17. The molecule has 0 N–H and O–H groups in total. The Morgan fingerprint density at radius 1 is 1.03 bits per heavy atom. The van der Waals surface area contributed by atoms with Gasteiger partial charge in [-0.05, 0) is 42.0 Å². The molecule has 0 aliphatic carbocycles. The predicted octanol–water partition coefficient (Wildman–Crippen LogP) is 5.82. The zero-order chi connectivity index (χ0) is 21.8. The Balaban J connectivity index is 1.48. The molecule has 3 aromatic carbocycles. The van der Waals surface area contributed by atoms with Gasteiger partial charge in [-0.1, -0.05) is 66.4 Å². The third-order valence-electron chi connectivity index (χ3n) is 4.65. The minimum atomic E-state index is -0.295. The van der Waals surface area contributed by atoms with Crippen molar-refractivity contribution in [1.29, 1.82) is 0 Å². The zero-order valence-electron chi connectivity index (χ0n) is 16.6. The number of hydrogen-bond donors (Lipinski definition) is 0. The van der Waals surface area contributed by atoms with Crippen LogP contribution >= 0.6 is 24.0 Å². The molecule has 156 valence electrons. The van der Waals surface area contributed by atoms with Crippen molar-refractivity contribution in [3.8, 4) is 11.5 Å². The summed E-state index contributed by atoms with van der Waals surface area (Å²) in [5.41, 5.74) is 1.94. The molecule has 0 aromatic heterocycles. The van der Waals surface area contributed by atoms with Crippen LogP contribution in [0.25, 0.3) is 6.08 Å². The first-order valence-electron chi connectivity index (χ1n) is 9.44. The number of benzene rings is 3. The maximum Gasteiger partial charge on any atom is 0.270 e. The zero-order valence-corrected chi connectivity index (χ0v) is 18.2. The van der Waals surface area contributed by atoms with Gasteiger partial charge < -0.3 is 9.47 Å². The summed E-state index contributed by atoms with van der Waals surface area (Å²) in [6.07, 6.45) is 1.79. The van der Waals surface area contributed by atoms with Crippen LogP contribution in [0.1, 0.15) is 11.1 Å². The number of carbonyl (C=O) groups excluding carboxylic acids is 1. The van der Waals surface area contributed by atoms with Gasteiger partial charge in [0.25, 0.3) is 5.91 Å². The molecule has 1 heterocycles. The molecule has 1 amide bonds. The number of thiocarbonyl (C=S) groups is 1. The lowest BCUT2D eigenvalue weighted by Crippen LogP contribution is -2.27. The van der Waals surface area contributed by atoms with Crippen LogP contribution in [-0.2, 0) is 11.4 Å². The number of halogens is 1. The molecular formula is C24H18FNO3S2. The number of carbonyl (C=O) groups is 1.